The van der Waals surface area contributed by atoms with Gasteiger partial charge in [0, 0.05) is 13.7 Å². The van der Waals surface area contributed by atoms with E-state index in [4.69, 9.17) is 16.9 Å². The molecule has 0 aromatic heterocycles. The molecule has 52 valence electrons. The Balaban J connectivity index is 3.23. The van der Waals surface area contributed by atoms with Gasteiger partial charge in [0.2, 0.25) is 0 Å². The Hall–Kier alpha value is -0.560. The molecule has 9 heavy (non-hydrogen) atoms. The lowest BCUT2D eigenvalue weighted by Crippen LogP contribution is -2.22. The van der Waals surface area contributed by atoms with Crippen LogP contribution in [0.25, 0.3) is 0 Å². The van der Waals surface area contributed by atoms with Crippen molar-refractivity contribution in [2.24, 2.45) is 5.73 Å². The minimum absolute atomic E-state index is 0.200. The zero-order valence-electron chi connectivity index (χ0n) is 5.46. The first-order valence-corrected chi connectivity index (χ1v) is 2.62. The molecule has 0 rings (SSSR count). The molecule has 0 aromatic carbocycles. The normalized spacial score (nSPS) is 12.6. The van der Waals surface area contributed by atoms with Crippen LogP contribution in [0.2, 0.25) is 0 Å². The van der Waals surface area contributed by atoms with Crippen molar-refractivity contribution in [2.45, 2.75) is 6.10 Å². The van der Waals surface area contributed by atoms with E-state index in [1.165, 1.54) is 7.11 Å². The first-order valence-electron chi connectivity index (χ1n) is 2.62. The van der Waals surface area contributed by atoms with Crippen LogP contribution in [-0.2, 0) is 9.47 Å². The largest absolute Gasteiger partial charge is 0.359 e. The molecule has 0 heterocycles. The molecule has 0 radical (unpaired) electrons. The number of hydrogen-bond acceptors (Lipinski definition) is 3. The summed E-state index contributed by atoms with van der Waals surface area (Å²) >= 11 is 0. The number of terminal acetylenes is 1. The summed E-state index contributed by atoms with van der Waals surface area (Å²) in [7, 11) is 1.53. The quantitative estimate of drug-likeness (QED) is 0.413. The van der Waals surface area contributed by atoms with Gasteiger partial charge in [-0.05, 0) is 0 Å². The van der Waals surface area contributed by atoms with E-state index in [0.29, 0.717) is 6.54 Å². The molecule has 3 nitrogen and oxygen atoms in total. The maximum atomic E-state index is 5.20. The van der Waals surface area contributed by atoms with Gasteiger partial charge in [0.1, 0.15) is 12.9 Å². The van der Waals surface area contributed by atoms with Gasteiger partial charge < -0.3 is 15.2 Å². The first kappa shape index (κ1) is 8.44. The van der Waals surface area contributed by atoms with Crippen LogP contribution in [0.15, 0.2) is 0 Å². The third-order valence-corrected chi connectivity index (χ3v) is 0.787. The molecule has 1 atom stereocenters. The number of methoxy groups -OCH3 is 1. The molecule has 0 saturated heterocycles. The summed E-state index contributed by atoms with van der Waals surface area (Å²) < 4.78 is 9.51. The van der Waals surface area contributed by atoms with Crippen molar-refractivity contribution in [3.63, 3.8) is 0 Å². The maximum absolute atomic E-state index is 5.20. The van der Waals surface area contributed by atoms with Gasteiger partial charge in [-0.2, -0.15) is 0 Å². The summed E-state index contributed by atoms with van der Waals surface area (Å²) in [5.41, 5.74) is 5.20. The Labute approximate surface area is 55.1 Å². The van der Waals surface area contributed by atoms with E-state index < -0.39 is 0 Å². The van der Waals surface area contributed by atoms with Crippen molar-refractivity contribution < 1.29 is 9.47 Å². The van der Waals surface area contributed by atoms with Crippen molar-refractivity contribution >= 4 is 0 Å². The van der Waals surface area contributed by atoms with Gasteiger partial charge in [0.25, 0.3) is 0 Å². The van der Waals surface area contributed by atoms with Crippen molar-refractivity contribution in [3.05, 3.63) is 0 Å². The highest BCUT2D eigenvalue weighted by molar-refractivity contribution is 4.94. The number of rotatable bonds is 4. The lowest BCUT2D eigenvalue weighted by Gasteiger charge is -2.06. The van der Waals surface area contributed by atoms with Crippen LogP contribution in [0.5, 0.6) is 0 Å². The zero-order chi connectivity index (χ0) is 7.11. The van der Waals surface area contributed by atoms with Gasteiger partial charge in [-0.15, -0.1) is 6.42 Å². The Morgan fingerprint density at radius 2 is 2.44 bits per heavy atom. The molecule has 0 aliphatic heterocycles. The summed E-state index contributed by atoms with van der Waals surface area (Å²) in [5.74, 6) is 2.36. The van der Waals surface area contributed by atoms with Crippen LogP contribution in [0.3, 0.4) is 0 Å². The van der Waals surface area contributed by atoms with Crippen LogP contribution in [0.1, 0.15) is 0 Å². The number of ether oxygens (including phenoxy) is 2. The molecular weight excluding hydrogens is 118 g/mol. The predicted molar refractivity (Wildman–Crippen MR) is 34.6 cm³/mol. The van der Waals surface area contributed by atoms with Crippen LogP contribution in [-0.4, -0.2) is 26.6 Å². The Morgan fingerprint density at radius 3 is 2.78 bits per heavy atom. The van der Waals surface area contributed by atoms with Gasteiger partial charge in [-0.25, -0.2) is 0 Å². The molecule has 3 heteroatoms. The summed E-state index contributed by atoms with van der Waals surface area (Å²) in [6.45, 7) is 0.534. The van der Waals surface area contributed by atoms with Crippen LogP contribution in [0.4, 0.5) is 0 Å². The molecule has 0 aromatic rings. The third-order valence-electron chi connectivity index (χ3n) is 0.787. The third kappa shape index (κ3) is 3.98. The molecule has 0 spiro atoms. The van der Waals surface area contributed by atoms with E-state index in [9.17, 15) is 0 Å². The topological polar surface area (TPSA) is 44.5 Å². The van der Waals surface area contributed by atoms with Gasteiger partial charge >= 0.3 is 0 Å². The summed E-state index contributed by atoms with van der Waals surface area (Å²) in [6.07, 6.45) is 4.70. The molecule has 0 saturated carbocycles. The lowest BCUT2D eigenvalue weighted by molar-refractivity contribution is -0.0492. The van der Waals surface area contributed by atoms with Crippen molar-refractivity contribution in [2.75, 3.05) is 20.4 Å². The zero-order valence-corrected chi connectivity index (χ0v) is 5.46. The molecule has 0 aliphatic carbocycles. The molecular formula is C6H11NO2. The Morgan fingerprint density at radius 1 is 1.78 bits per heavy atom. The fourth-order valence-corrected chi connectivity index (χ4v) is 0.334. The molecule has 0 aliphatic rings. The van der Waals surface area contributed by atoms with E-state index >= 15 is 0 Å². The van der Waals surface area contributed by atoms with E-state index in [-0.39, 0.29) is 12.9 Å². The first-order chi connectivity index (χ1) is 4.35. The Kier molecular flexibility index (Phi) is 5.23. The summed E-state index contributed by atoms with van der Waals surface area (Å²) in [4.78, 5) is 0. The van der Waals surface area contributed by atoms with Gasteiger partial charge in [0.15, 0.2) is 0 Å². The van der Waals surface area contributed by atoms with Gasteiger partial charge in [-0.1, -0.05) is 5.92 Å². The molecule has 0 fully saturated rings. The van der Waals surface area contributed by atoms with Crippen LogP contribution in [0, 0.1) is 12.3 Å². The maximum Gasteiger partial charge on any atom is 0.148 e. The minimum Gasteiger partial charge on any atom is -0.359 e. The second kappa shape index (κ2) is 5.57. The summed E-state index contributed by atoms with van der Waals surface area (Å²) in [6, 6.07) is 0. The van der Waals surface area contributed by atoms with E-state index in [1.807, 2.05) is 0 Å². The van der Waals surface area contributed by atoms with Gasteiger partial charge in [-0.3, -0.25) is 0 Å². The fraction of sp³-hybridized carbons (Fsp3) is 0.667. The minimum atomic E-state index is -0.315. The average molecular weight is 129 g/mol. The molecule has 1 unspecified atom stereocenters. The van der Waals surface area contributed by atoms with Crippen molar-refractivity contribution in [1.82, 2.24) is 0 Å². The second-order valence-corrected chi connectivity index (χ2v) is 1.46. The van der Waals surface area contributed by atoms with E-state index in [1.54, 1.807) is 0 Å². The van der Waals surface area contributed by atoms with Crippen molar-refractivity contribution in [1.29, 1.82) is 0 Å². The molecule has 0 bridgehead atoms. The monoisotopic (exact) mass is 129 g/mol. The van der Waals surface area contributed by atoms with Crippen molar-refractivity contribution in [3.8, 4) is 12.3 Å². The lowest BCUT2D eigenvalue weighted by atomic mass is 10.4. The molecule has 2 N–H and O–H groups in total. The second-order valence-electron chi connectivity index (χ2n) is 1.46. The standard InChI is InChI=1S/C6H11NO2/c1-3-6(4-7)9-5-8-2/h1,6H,4-5,7H2,2H3. The number of hydrogen-bond donors (Lipinski definition) is 1. The van der Waals surface area contributed by atoms with E-state index in [2.05, 4.69) is 10.7 Å². The Bertz CT molecular complexity index is 97.7. The number of nitrogens with two attached hydrogens (primary N) is 1. The fourth-order valence-electron chi connectivity index (χ4n) is 0.334. The smallest absolute Gasteiger partial charge is 0.148 e. The summed E-state index contributed by atoms with van der Waals surface area (Å²) in [5, 5.41) is 0. The van der Waals surface area contributed by atoms with Gasteiger partial charge in [0.05, 0.1) is 0 Å². The average Bonchev–Trinajstić information content (AvgIpc) is 1.91. The molecule has 0 amide bonds. The van der Waals surface area contributed by atoms with Crippen LogP contribution >= 0.6 is 0 Å². The van der Waals surface area contributed by atoms with Crippen LogP contribution < -0.4 is 5.73 Å². The van der Waals surface area contributed by atoms with E-state index in [0.717, 1.165) is 0 Å². The highest BCUT2D eigenvalue weighted by Gasteiger charge is 1.98. The SMILES string of the molecule is C#CC(CN)OCOC. The highest BCUT2D eigenvalue weighted by atomic mass is 16.7. The highest BCUT2D eigenvalue weighted by Crippen LogP contribution is 1.85. The predicted octanol–water partition coefficient (Wildman–Crippen LogP) is -0.433.